The first-order chi connectivity index (χ1) is 13.1. The number of thiazole rings is 2. The number of rotatable bonds is 5. The topological polar surface area (TPSA) is 113 Å². The predicted octanol–water partition coefficient (Wildman–Crippen LogP) is 4.46. The Morgan fingerprint density at radius 1 is 1.11 bits per heavy atom. The van der Waals surface area contributed by atoms with E-state index in [2.05, 4.69) is 15.0 Å². The molecule has 138 valence electrons. The van der Waals surface area contributed by atoms with Crippen LogP contribution >= 0.6 is 22.7 Å². The molecular weight excluding hydrogens is 382 g/mol. The lowest BCUT2D eigenvalue weighted by atomic mass is 10.1. The predicted molar refractivity (Wildman–Crippen MR) is 109 cm³/mol. The van der Waals surface area contributed by atoms with Gasteiger partial charge in [-0.15, -0.1) is 0 Å². The minimum atomic E-state index is 0.468. The van der Waals surface area contributed by atoms with Crippen LogP contribution < -0.4 is 16.2 Å². The molecule has 0 atom stereocenters. The van der Waals surface area contributed by atoms with E-state index in [4.69, 9.17) is 20.6 Å². The van der Waals surface area contributed by atoms with Gasteiger partial charge in [-0.25, -0.2) is 15.0 Å². The molecule has 3 heterocycles. The molecule has 0 saturated heterocycles. The van der Waals surface area contributed by atoms with Gasteiger partial charge < -0.3 is 20.6 Å². The first-order valence-electron chi connectivity index (χ1n) is 8.23. The summed E-state index contributed by atoms with van der Waals surface area (Å²) in [6.45, 7) is 4.40. The van der Waals surface area contributed by atoms with Gasteiger partial charge >= 0.3 is 0 Å². The number of nitrogen functional groups attached to an aromatic ring is 2. The zero-order valence-corrected chi connectivity index (χ0v) is 16.4. The molecule has 0 aliphatic heterocycles. The van der Waals surface area contributed by atoms with Crippen LogP contribution in [0.5, 0.6) is 5.75 Å². The van der Waals surface area contributed by atoms with E-state index in [0.29, 0.717) is 22.8 Å². The lowest BCUT2D eigenvalue weighted by molar-refractivity contribution is 0.342. The third-order valence-corrected chi connectivity index (χ3v) is 5.79. The van der Waals surface area contributed by atoms with E-state index >= 15 is 0 Å². The number of nitrogens with zero attached hydrogens (tertiary/aromatic N) is 3. The zero-order valence-electron chi connectivity index (χ0n) is 14.7. The van der Waals surface area contributed by atoms with Gasteiger partial charge in [-0.3, -0.25) is 0 Å². The molecule has 0 saturated carbocycles. The number of oxazole rings is 1. The highest BCUT2D eigenvalue weighted by atomic mass is 32.1. The van der Waals surface area contributed by atoms with Gasteiger partial charge in [-0.05, 0) is 32.0 Å². The van der Waals surface area contributed by atoms with Crippen LogP contribution in [0.3, 0.4) is 0 Å². The number of anilines is 2. The van der Waals surface area contributed by atoms with Crippen molar-refractivity contribution in [3.05, 3.63) is 36.4 Å². The second-order valence-corrected chi connectivity index (χ2v) is 7.74. The normalized spacial score (nSPS) is 11.0. The van der Waals surface area contributed by atoms with Crippen LogP contribution in [-0.2, 0) is 0 Å². The highest BCUT2D eigenvalue weighted by Crippen LogP contribution is 2.45. The maximum Gasteiger partial charge on any atom is 0.225 e. The third-order valence-electron chi connectivity index (χ3n) is 3.88. The van der Waals surface area contributed by atoms with Crippen LogP contribution in [0.25, 0.3) is 32.5 Å². The van der Waals surface area contributed by atoms with Crippen molar-refractivity contribution in [1.82, 2.24) is 15.0 Å². The van der Waals surface area contributed by atoms with Gasteiger partial charge in [0.05, 0.1) is 28.3 Å². The van der Waals surface area contributed by atoms with E-state index in [9.17, 15) is 0 Å². The van der Waals surface area contributed by atoms with E-state index in [0.717, 1.165) is 38.0 Å². The largest absolute Gasteiger partial charge is 0.493 e. The molecule has 0 spiro atoms. The molecule has 3 aromatic heterocycles. The monoisotopic (exact) mass is 399 g/mol. The lowest BCUT2D eigenvalue weighted by Crippen LogP contribution is -1.95. The van der Waals surface area contributed by atoms with Crippen molar-refractivity contribution in [3.63, 3.8) is 0 Å². The lowest BCUT2D eigenvalue weighted by Gasteiger charge is -2.11. The Balaban J connectivity index is 1.92. The maximum atomic E-state index is 6.06. The summed E-state index contributed by atoms with van der Waals surface area (Å²) in [5.74, 6) is 1.28. The summed E-state index contributed by atoms with van der Waals surface area (Å²) in [5, 5.41) is 0.967. The van der Waals surface area contributed by atoms with Crippen LogP contribution in [0.4, 0.5) is 10.3 Å². The first-order valence-corrected chi connectivity index (χ1v) is 9.86. The molecular formula is C18H17N5O2S2. The quantitative estimate of drug-likeness (QED) is 0.509. The molecule has 1 aromatic carbocycles. The summed E-state index contributed by atoms with van der Waals surface area (Å²) in [4.78, 5) is 14.9. The van der Waals surface area contributed by atoms with Gasteiger partial charge in [0.25, 0.3) is 0 Å². The number of ether oxygens (including phenoxy) is 1. The molecule has 4 rings (SSSR count). The van der Waals surface area contributed by atoms with Gasteiger partial charge in [0, 0.05) is 11.1 Å². The highest BCUT2D eigenvalue weighted by Gasteiger charge is 2.22. The Bertz CT molecular complexity index is 1090. The summed E-state index contributed by atoms with van der Waals surface area (Å²) in [7, 11) is 0. The number of hydrogen-bond donors (Lipinski definition) is 2. The number of benzene rings is 1. The Morgan fingerprint density at radius 3 is 2.56 bits per heavy atom. The fraction of sp³-hybridized carbons (Fsp3) is 0.167. The van der Waals surface area contributed by atoms with Crippen molar-refractivity contribution in [2.75, 3.05) is 18.1 Å². The van der Waals surface area contributed by atoms with Gasteiger partial charge in [0.1, 0.15) is 17.7 Å². The molecule has 0 fully saturated rings. The zero-order chi connectivity index (χ0) is 19.0. The van der Waals surface area contributed by atoms with Gasteiger partial charge in [0.15, 0.2) is 10.3 Å². The Labute approximate surface area is 163 Å². The van der Waals surface area contributed by atoms with Crippen LogP contribution in [0.1, 0.15) is 12.6 Å². The summed E-state index contributed by atoms with van der Waals surface area (Å²) in [6.07, 6.45) is 3.16. The summed E-state index contributed by atoms with van der Waals surface area (Å²) < 4.78 is 11.3. The number of aromatic nitrogens is 3. The molecule has 27 heavy (non-hydrogen) atoms. The smallest absolute Gasteiger partial charge is 0.225 e. The number of hydrogen-bond acceptors (Lipinski definition) is 9. The standard InChI is InChI=1S/C18H17N5O2S2/c1-3-24-12-5-4-10(16-21-6-7-25-16)8-11(12)15-13(23-18(20)27-15)14-9(2)22-17(19)26-14/h4-8H,3H2,1-2H3,(H2,19,22)(H2,20,23). The van der Waals surface area contributed by atoms with Crippen molar-refractivity contribution >= 4 is 32.9 Å². The molecule has 0 bridgehead atoms. The van der Waals surface area contributed by atoms with Crippen LogP contribution in [-0.4, -0.2) is 21.6 Å². The van der Waals surface area contributed by atoms with Crippen molar-refractivity contribution in [3.8, 4) is 38.2 Å². The Kier molecular flexibility index (Phi) is 4.54. The fourth-order valence-corrected chi connectivity index (χ4v) is 4.55. The first kappa shape index (κ1) is 17.5. The van der Waals surface area contributed by atoms with Crippen molar-refractivity contribution in [2.24, 2.45) is 0 Å². The van der Waals surface area contributed by atoms with E-state index < -0.39 is 0 Å². The van der Waals surface area contributed by atoms with E-state index in [1.54, 1.807) is 12.5 Å². The van der Waals surface area contributed by atoms with Crippen LogP contribution in [0.2, 0.25) is 0 Å². The second-order valence-electron chi connectivity index (χ2n) is 5.68. The molecule has 9 heteroatoms. The number of nitrogens with two attached hydrogens (primary N) is 2. The molecule has 7 nitrogen and oxygen atoms in total. The highest BCUT2D eigenvalue weighted by molar-refractivity contribution is 7.21. The SMILES string of the molecule is CCOc1ccc(-c2ncco2)cc1-c1sc(N)nc1-c1sc(N)nc1C. The number of aryl methyl sites for hydroxylation is 1. The summed E-state index contributed by atoms with van der Waals surface area (Å²) in [6, 6.07) is 5.80. The molecule has 4 aromatic rings. The van der Waals surface area contributed by atoms with Crippen LogP contribution in [0.15, 0.2) is 35.1 Å². The van der Waals surface area contributed by atoms with E-state index in [1.165, 1.54) is 22.7 Å². The van der Waals surface area contributed by atoms with Crippen molar-refractivity contribution < 1.29 is 9.15 Å². The molecule has 0 amide bonds. The molecule has 0 aliphatic rings. The summed E-state index contributed by atoms with van der Waals surface area (Å²) in [5.41, 5.74) is 15.2. The minimum absolute atomic E-state index is 0.468. The van der Waals surface area contributed by atoms with Crippen molar-refractivity contribution in [1.29, 1.82) is 0 Å². The average Bonchev–Trinajstić information content (AvgIpc) is 3.36. The molecule has 0 radical (unpaired) electrons. The molecule has 0 unspecified atom stereocenters. The van der Waals surface area contributed by atoms with E-state index in [-0.39, 0.29) is 0 Å². The Morgan fingerprint density at radius 2 is 1.89 bits per heavy atom. The summed E-state index contributed by atoms with van der Waals surface area (Å²) >= 11 is 2.79. The third kappa shape index (κ3) is 3.26. The van der Waals surface area contributed by atoms with Gasteiger partial charge in [0.2, 0.25) is 5.89 Å². The van der Waals surface area contributed by atoms with Crippen molar-refractivity contribution in [2.45, 2.75) is 13.8 Å². The maximum absolute atomic E-state index is 6.06. The second kappa shape index (κ2) is 7.01. The Hall–Kier alpha value is -2.91. The fourth-order valence-electron chi connectivity index (χ4n) is 2.80. The van der Waals surface area contributed by atoms with Gasteiger partial charge in [-0.1, -0.05) is 22.7 Å². The molecule has 4 N–H and O–H groups in total. The molecule has 0 aliphatic carbocycles. The van der Waals surface area contributed by atoms with Gasteiger partial charge in [-0.2, -0.15) is 0 Å². The van der Waals surface area contributed by atoms with Crippen LogP contribution in [0, 0.1) is 6.92 Å². The average molecular weight is 400 g/mol. The van der Waals surface area contributed by atoms with E-state index in [1.807, 2.05) is 32.0 Å². The minimum Gasteiger partial charge on any atom is -0.493 e.